The fourth-order valence-corrected chi connectivity index (χ4v) is 1.98. The van der Waals surface area contributed by atoms with E-state index in [4.69, 9.17) is 11.6 Å². The van der Waals surface area contributed by atoms with Crippen molar-refractivity contribution in [3.8, 4) is 0 Å². The molecule has 0 fully saturated rings. The average Bonchev–Trinajstić information content (AvgIpc) is 2.84. The van der Waals surface area contributed by atoms with E-state index in [2.05, 4.69) is 22.1 Å². The van der Waals surface area contributed by atoms with Crippen LogP contribution in [0.4, 0.5) is 5.69 Å². The van der Waals surface area contributed by atoms with E-state index in [1.165, 1.54) is 4.68 Å². The lowest BCUT2D eigenvalue weighted by molar-refractivity contribution is 0.653. The summed E-state index contributed by atoms with van der Waals surface area (Å²) in [6.45, 7) is 4.54. The van der Waals surface area contributed by atoms with Gasteiger partial charge in [-0.2, -0.15) is 10.2 Å². The van der Waals surface area contributed by atoms with Gasteiger partial charge in [0.15, 0.2) is 0 Å². The number of hydrogen-bond acceptors (Lipinski definition) is 4. The predicted octanol–water partition coefficient (Wildman–Crippen LogP) is 1.47. The Bertz CT molecular complexity index is 661. The third-order valence-corrected chi connectivity index (χ3v) is 3.12. The maximum absolute atomic E-state index is 11.9. The third-order valence-electron chi connectivity index (χ3n) is 2.75. The molecule has 0 saturated carbocycles. The van der Waals surface area contributed by atoms with Gasteiger partial charge in [-0.15, -0.1) is 6.58 Å². The molecule has 2 rings (SSSR count). The second-order valence-corrected chi connectivity index (χ2v) is 4.68. The first-order valence-corrected chi connectivity index (χ1v) is 6.58. The van der Waals surface area contributed by atoms with E-state index in [1.807, 2.05) is 19.3 Å². The topological polar surface area (TPSA) is 64.7 Å². The van der Waals surface area contributed by atoms with Crippen LogP contribution in [0.5, 0.6) is 0 Å². The van der Waals surface area contributed by atoms with Gasteiger partial charge in [0.05, 0.1) is 24.1 Å². The van der Waals surface area contributed by atoms with Crippen LogP contribution in [0.2, 0.25) is 5.02 Å². The standard InChI is InChI=1S/C13H16ClN5O/c1-3-7-19-13(20)12(14)11(9-16-19)15-6-4-10-5-8-18(2)17-10/h3,5,8-9,15H,1,4,6-7H2,2H3. The number of aromatic nitrogens is 4. The van der Waals surface area contributed by atoms with E-state index >= 15 is 0 Å². The molecule has 2 aromatic heterocycles. The smallest absolute Gasteiger partial charge is 0.287 e. The molecule has 0 amide bonds. The molecule has 106 valence electrons. The molecule has 0 unspecified atom stereocenters. The van der Waals surface area contributed by atoms with Crippen LogP contribution in [0, 0.1) is 0 Å². The highest BCUT2D eigenvalue weighted by atomic mass is 35.5. The molecule has 0 atom stereocenters. The monoisotopic (exact) mass is 293 g/mol. The quantitative estimate of drug-likeness (QED) is 0.819. The summed E-state index contributed by atoms with van der Waals surface area (Å²) in [7, 11) is 1.87. The Morgan fingerprint density at radius 2 is 2.35 bits per heavy atom. The molecule has 2 heterocycles. The molecule has 20 heavy (non-hydrogen) atoms. The summed E-state index contributed by atoms with van der Waals surface area (Å²) in [5.74, 6) is 0. The zero-order valence-corrected chi connectivity index (χ0v) is 12.0. The van der Waals surface area contributed by atoms with Gasteiger partial charge in [0, 0.05) is 26.2 Å². The molecular formula is C13H16ClN5O. The first-order valence-electron chi connectivity index (χ1n) is 6.20. The predicted molar refractivity (Wildman–Crippen MR) is 79.1 cm³/mol. The lowest BCUT2D eigenvalue weighted by Gasteiger charge is -2.08. The fraction of sp³-hybridized carbons (Fsp3) is 0.308. The summed E-state index contributed by atoms with van der Waals surface area (Å²) in [5.41, 5.74) is 1.19. The van der Waals surface area contributed by atoms with E-state index in [-0.39, 0.29) is 10.6 Å². The van der Waals surface area contributed by atoms with Crippen molar-refractivity contribution < 1.29 is 0 Å². The van der Waals surface area contributed by atoms with Gasteiger partial charge in [0.2, 0.25) is 0 Å². The van der Waals surface area contributed by atoms with Gasteiger partial charge in [-0.3, -0.25) is 9.48 Å². The van der Waals surface area contributed by atoms with Crippen LogP contribution < -0.4 is 10.9 Å². The SMILES string of the molecule is C=CCn1ncc(NCCc2ccn(C)n2)c(Cl)c1=O. The lowest BCUT2D eigenvalue weighted by Crippen LogP contribution is -2.24. The molecule has 0 aliphatic rings. The number of rotatable bonds is 6. The van der Waals surface area contributed by atoms with Crippen molar-refractivity contribution in [2.45, 2.75) is 13.0 Å². The Morgan fingerprint density at radius 3 is 3.00 bits per heavy atom. The summed E-state index contributed by atoms with van der Waals surface area (Å²) in [4.78, 5) is 11.9. The molecule has 0 radical (unpaired) electrons. The zero-order valence-electron chi connectivity index (χ0n) is 11.2. The molecule has 0 aromatic carbocycles. The Kier molecular flexibility index (Phi) is 4.57. The first kappa shape index (κ1) is 14.3. The van der Waals surface area contributed by atoms with Crippen LogP contribution in [0.3, 0.4) is 0 Å². The van der Waals surface area contributed by atoms with E-state index in [9.17, 15) is 4.79 Å². The average molecular weight is 294 g/mol. The van der Waals surface area contributed by atoms with Crippen molar-refractivity contribution in [2.75, 3.05) is 11.9 Å². The number of hydrogen-bond donors (Lipinski definition) is 1. The third kappa shape index (κ3) is 3.27. The van der Waals surface area contributed by atoms with Crippen LogP contribution in [-0.2, 0) is 20.0 Å². The van der Waals surface area contributed by atoms with Crippen molar-refractivity contribution in [2.24, 2.45) is 7.05 Å². The molecule has 7 heteroatoms. The summed E-state index contributed by atoms with van der Waals surface area (Å²) < 4.78 is 3.01. The summed E-state index contributed by atoms with van der Waals surface area (Å²) >= 11 is 6.03. The number of nitrogens with zero attached hydrogens (tertiary/aromatic N) is 4. The number of aryl methyl sites for hydroxylation is 1. The van der Waals surface area contributed by atoms with E-state index < -0.39 is 0 Å². The molecule has 2 aromatic rings. The van der Waals surface area contributed by atoms with Crippen molar-refractivity contribution >= 4 is 17.3 Å². The molecule has 0 saturated heterocycles. The largest absolute Gasteiger partial charge is 0.382 e. The highest BCUT2D eigenvalue weighted by molar-refractivity contribution is 6.32. The van der Waals surface area contributed by atoms with E-state index in [0.29, 0.717) is 18.8 Å². The zero-order chi connectivity index (χ0) is 14.5. The van der Waals surface area contributed by atoms with Gasteiger partial charge < -0.3 is 5.32 Å². The van der Waals surface area contributed by atoms with Crippen LogP contribution in [0.1, 0.15) is 5.69 Å². The normalized spacial score (nSPS) is 10.5. The van der Waals surface area contributed by atoms with Crippen LogP contribution in [-0.4, -0.2) is 26.1 Å². The Balaban J connectivity index is 2.01. The van der Waals surface area contributed by atoms with Crippen molar-refractivity contribution in [3.63, 3.8) is 0 Å². The van der Waals surface area contributed by atoms with Gasteiger partial charge in [-0.05, 0) is 6.07 Å². The van der Waals surface area contributed by atoms with Crippen molar-refractivity contribution in [1.82, 2.24) is 19.6 Å². The minimum absolute atomic E-state index is 0.142. The van der Waals surface area contributed by atoms with Crippen molar-refractivity contribution in [3.05, 3.63) is 52.2 Å². The second-order valence-electron chi connectivity index (χ2n) is 4.31. The molecule has 0 spiro atoms. The molecule has 0 aliphatic heterocycles. The van der Waals surface area contributed by atoms with Gasteiger partial charge >= 0.3 is 0 Å². The Labute approximate surface area is 121 Å². The minimum atomic E-state index is -0.325. The van der Waals surface area contributed by atoms with Crippen LogP contribution in [0.15, 0.2) is 35.9 Å². The van der Waals surface area contributed by atoms with E-state index in [0.717, 1.165) is 12.1 Å². The molecule has 0 aliphatic carbocycles. The van der Waals surface area contributed by atoms with Gasteiger partial charge in [-0.25, -0.2) is 4.68 Å². The second kappa shape index (κ2) is 6.38. The molecule has 1 N–H and O–H groups in total. The Morgan fingerprint density at radius 1 is 1.55 bits per heavy atom. The highest BCUT2D eigenvalue weighted by Crippen LogP contribution is 2.15. The van der Waals surface area contributed by atoms with Gasteiger partial charge in [0.25, 0.3) is 5.56 Å². The van der Waals surface area contributed by atoms with Gasteiger partial charge in [0.1, 0.15) is 5.02 Å². The number of nitrogens with one attached hydrogen (secondary N) is 1. The first-order chi connectivity index (χ1) is 9.61. The fourth-order valence-electron chi connectivity index (χ4n) is 1.76. The van der Waals surface area contributed by atoms with Gasteiger partial charge in [-0.1, -0.05) is 17.7 Å². The van der Waals surface area contributed by atoms with Crippen molar-refractivity contribution in [1.29, 1.82) is 0 Å². The number of anilines is 1. The molecular weight excluding hydrogens is 278 g/mol. The van der Waals surface area contributed by atoms with Crippen LogP contribution in [0.25, 0.3) is 0 Å². The maximum atomic E-state index is 11.9. The summed E-state index contributed by atoms with van der Waals surface area (Å²) in [6, 6.07) is 1.95. The summed E-state index contributed by atoms with van der Waals surface area (Å²) in [6.07, 6.45) is 5.78. The number of allylic oxidation sites excluding steroid dienone is 1. The maximum Gasteiger partial charge on any atom is 0.287 e. The van der Waals surface area contributed by atoms with Crippen LogP contribution >= 0.6 is 11.6 Å². The lowest BCUT2D eigenvalue weighted by atomic mass is 10.3. The molecule has 0 bridgehead atoms. The highest BCUT2D eigenvalue weighted by Gasteiger charge is 2.08. The number of halogens is 1. The minimum Gasteiger partial charge on any atom is -0.382 e. The summed E-state index contributed by atoms with van der Waals surface area (Å²) in [5, 5.41) is 11.5. The van der Waals surface area contributed by atoms with E-state index in [1.54, 1.807) is 17.0 Å². The Hall–Kier alpha value is -2.08. The molecule has 6 nitrogen and oxygen atoms in total.